The van der Waals surface area contributed by atoms with Crippen molar-refractivity contribution in [1.82, 2.24) is 9.78 Å². The number of nitrogens with zero attached hydrogens (tertiary/aromatic N) is 2. The van der Waals surface area contributed by atoms with Crippen molar-refractivity contribution in [2.75, 3.05) is 0 Å². The molecule has 100 valence electrons. The quantitative estimate of drug-likeness (QED) is 0.860. The van der Waals surface area contributed by atoms with Crippen LogP contribution in [0.2, 0.25) is 15.1 Å². The molecule has 1 heterocycles. The molecule has 0 fully saturated rings. The van der Waals surface area contributed by atoms with Crippen molar-refractivity contribution in [2.45, 2.75) is 6.92 Å². The number of ketones is 1. The van der Waals surface area contributed by atoms with Gasteiger partial charge in [0.15, 0.2) is 0 Å². The molecule has 0 saturated carbocycles. The zero-order valence-electron chi connectivity index (χ0n) is 10.0. The molecule has 0 bridgehead atoms. The monoisotopic (exact) mass is 318 g/mol. The fourth-order valence-electron chi connectivity index (χ4n) is 1.80. The lowest BCUT2D eigenvalue weighted by Gasteiger charge is -2.06. The number of hydrogen-bond donors (Lipinski definition) is 1. The summed E-state index contributed by atoms with van der Waals surface area (Å²) in [7, 11) is 1.53. The molecule has 0 spiro atoms. The van der Waals surface area contributed by atoms with Crippen LogP contribution in [-0.2, 0) is 7.05 Å². The summed E-state index contributed by atoms with van der Waals surface area (Å²) in [4.78, 5) is 12.4. The minimum atomic E-state index is -0.491. The average molecular weight is 320 g/mol. The summed E-state index contributed by atoms with van der Waals surface area (Å²) in [6, 6.07) is 2.84. The molecule has 1 aromatic carbocycles. The Morgan fingerprint density at radius 1 is 1.21 bits per heavy atom. The first-order chi connectivity index (χ1) is 8.82. The van der Waals surface area contributed by atoms with Crippen LogP contribution in [0.4, 0.5) is 0 Å². The maximum Gasteiger partial charge on any atom is 0.220 e. The molecule has 0 aliphatic carbocycles. The Hall–Kier alpha value is -1.23. The van der Waals surface area contributed by atoms with Gasteiger partial charge in [0.25, 0.3) is 0 Å². The second-order valence-corrected chi connectivity index (χ2v) is 5.23. The highest BCUT2D eigenvalue weighted by atomic mass is 35.5. The lowest BCUT2D eigenvalue weighted by molar-refractivity contribution is 0.103. The van der Waals surface area contributed by atoms with Crippen LogP contribution in [0.15, 0.2) is 12.1 Å². The largest absolute Gasteiger partial charge is 0.493 e. The molecule has 19 heavy (non-hydrogen) atoms. The number of benzene rings is 1. The predicted octanol–water partition coefficient (Wildman–Crippen LogP) is 3.63. The summed E-state index contributed by atoms with van der Waals surface area (Å²) in [6.45, 7) is 1.62. The maximum atomic E-state index is 12.4. The second-order valence-electron chi connectivity index (χ2n) is 3.98. The molecule has 0 amide bonds. The van der Waals surface area contributed by atoms with E-state index in [0.717, 1.165) is 0 Å². The lowest BCUT2D eigenvalue weighted by atomic mass is 10.0. The van der Waals surface area contributed by atoms with Crippen molar-refractivity contribution in [3.63, 3.8) is 0 Å². The highest BCUT2D eigenvalue weighted by Gasteiger charge is 2.25. The zero-order chi connectivity index (χ0) is 14.3. The number of rotatable bonds is 2. The zero-order valence-corrected chi connectivity index (χ0v) is 12.3. The van der Waals surface area contributed by atoms with Crippen molar-refractivity contribution < 1.29 is 9.90 Å². The van der Waals surface area contributed by atoms with Crippen LogP contribution in [0.5, 0.6) is 5.88 Å². The van der Waals surface area contributed by atoms with Crippen LogP contribution in [0.3, 0.4) is 0 Å². The number of aryl methyl sites for hydroxylation is 2. The summed E-state index contributed by atoms with van der Waals surface area (Å²) in [5.74, 6) is -0.723. The van der Waals surface area contributed by atoms with Crippen LogP contribution in [0, 0.1) is 6.92 Å². The maximum absolute atomic E-state index is 12.4. The van der Waals surface area contributed by atoms with Gasteiger partial charge in [0.2, 0.25) is 11.7 Å². The highest BCUT2D eigenvalue weighted by Crippen LogP contribution is 2.33. The molecule has 2 aromatic rings. The van der Waals surface area contributed by atoms with E-state index in [2.05, 4.69) is 5.10 Å². The van der Waals surface area contributed by atoms with Crippen molar-refractivity contribution in [3.8, 4) is 5.88 Å². The number of hydrogen-bond acceptors (Lipinski definition) is 3. The normalized spacial score (nSPS) is 10.8. The number of aromatic nitrogens is 2. The molecule has 0 aliphatic heterocycles. The minimum absolute atomic E-state index is 0.0774. The van der Waals surface area contributed by atoms with Crippen molar-refractivity contribution in [2.24, 2.45) is 7.05 Å². The van der Waals surface area contributed by atoms with E-state index in [4.69, 9.17) is 34.8 Å². The first kappa shape index (κ1) is 14.2. The van der Waals surface area contributed by atoms with Gasteiger partial charge < -0.3 is 5.11 Å². The Bertz CT molecular complexity index is 657. The van der Waals surface area contributed by atoms with Gasteiger partial charge in [0, 0.05) is 12.1 Å². The van der Waals surface area contributed by atoms with E-state index in [9.17, 15) is 9.90 Å². The van der Waals surface area contributed by atoms with Crippen molar-refractivity contribution >= 4 is 40.6 Å². The van der Waals surface area contributed by atoms with Gasteiger partial charge in [-0.15, -0.1) is 0 Å². The van der Waals surface area contributed by atoms with Crippen LogP contribution in [-0.4, -0.2) is 20.7 Å². The fourth-order valence-corrected chi connectivity index (χ4v) is 2.78. The first-order valence-corrected chi connectivity index (χ1v) is 6.38. The Kier molecular flexibility index (Phi) is 3.76. The molecule has 2 rings (SSSR count). The third kappa shape index (κ3) is 2.43. The number of halogens is 3. The van der Waals surface area contributed by atoms with Crippen LogP contribution in [0.25, 0.3) is 0 Å². The molecular weight excluding hydrogens is 311 g/mol. The van der Waals surface area contributed by atoms with Gasteiger partial charge in [-0.05, 0) is 19.1 Å². The Labute approximate surface area is 124 Å². The molecule has 7 heteroatoms. The Balaban J connectivity index is 2.63. The Morgan fingerprint density at radius 2 is 1.74 bits per heavy atom. The minimum Gasteiger partial charge on any atom is -0.493 e. The van der Waals surface area contributed by atoms with Gasteiger partial charge in [-0.25, -0.2) is 4.68 Å². The van der Waals surface area contributed by atoms with Gasteiger partial charge in [0.1, 0.15) is 5.56 Å². The molecule has 1 N–H and O–H groups in total. The third-order valence-corrected chi connectivity index (χ3v) is 3.47. The van der Waals surface area contributed by atoms with Gasteiger partial charge in [-0.1, -0.05) is 34.8 Å². The highest BCUT2D eigenvalue weighted by molar-refractivity contribution is 6.43. The molecular formula is C12H9Cl3N2O2. The molecule has 0 unspecified atom stereocenters. The second kappa shape index (κ2) is 5.04. The van der Waals surface area contributed by atoms with Crippen LogP contribution in [0.1, 0.15) is 21.6 Å². The summed E-state index contributed by atoms with van der Waals surface area (Å²) in [6.07, 6.45) is 0. The van der Waals surface area contributed by atoms with E-state index in [0.29, 0.717) is 10.7 Å². The first-order valence-electron chi connectivity index (χ1n) is 5.24. The van der Waals surface area contributed by atoms with E-state index in [1.165, 1.54) is 23.9 Å². The molecule has 4 nitrogen and oxygen atoms in total. The molecule has 0 radical (unpaired) electrons. The van der Waals surface area contributed by atoms with E-state index >= 15 is 0 Å². The van der Waals surface area contributed by atoms with Gasteiger partial charge in [0.05, 0.1) is 21.3 Å². The van der Waals surface area contributed by atoms with Gasteiger partial charge in [-0.3, -0.25) is 4.79 Å². The molecule has 0 aliphatic rings. The van der Waals surface area contributed by atoms with E-state index in [1.54, 1.807) is 6.92 Å². The van der Waals surface area contributed by atoms with Crippen LogP contribution < -0.4 is 0 Å². The summed E-state index contributed by atoms with van der Waals surface area (Å²) >= 11 is 17.8. The topological polar surface area (TPSA) is 55.1 Å². The predicted molar refractivity (Wildman–Crippen MR) is 74.5 cm³/mol. The standard InChI is InChI=1S/C12H9Cl3N2O2/c1-5-9(12(19)17(2)16-5)11(18)10-7(14)3-6(13)4-8(10)15/h3-4,19H,1-2H3. The lowest BCUT2D eigenvalue weighted by Crippen LogP contribution is -2.04. The van der Waals surface area contributed by atoms with Gasteiger partial charge >= 0.3 is 0 Å². The summed E-state index contributed by atoms with van der Waals surface area (Å²) < 4.78 is 1.21. The van der Waals surface area contributed by atoms with E-state index in [-0.39, 0.29) is 27.1 Å². The van der Waals surface area contributed by atoms with E-state index in [1.807, 2.05) is 0 Å². The van der Waals surface area contributed by atoms with Crippen molar-refractivity contribution in [3.05, 3.63) is 44.0 Å². The number of carbonyl (C=O) groups is 1. The summed E-state index contributed by atoms with van der Waals surface area (Å²) in [5, 5.41) is 14.4. The van der Waals surface area contributed by atoms with Gasteiger partial charge in [-0.2, -0.15) is 5.10 Å². The molecule has 0 saturated heterocycles. The Morgan fingerprint density at radius 3 is 2.16 bits per heavy atom. The summed E-state index contributed by atoms with van der Waals surface area (Å²) in [5.41, 5.74) is 0.569. The molecule has 0 atom stereocenters. The molecule has 1 aromatic heterocycles. The number of carbonyl (C=O) groups excluding carboxylic acids is 1. The SMILES string of the molecule is Cc1nn(C)c(O)c1C(=O)c1c(Cl)cc(Cl)cc1Cl. The van der Waals surface area contributed by atoms with Crippen molar-refractivity contribution in [1.29, 1.82) is 0 Å². The average Bonchev–Trinajstić information content (AvgIpc) is 2.51. The number of aromatic hydroxyl groups is 1. The van der Waals surface area contributed by atoms with E-state index < -0.39 is 5.78 Å². The fraction of sp³-hybridized carbons (Fsp3) is 0.167. The third-order valence-electron chi connectivity index (χ3n) is 2.65. The van der Waals surface area contributed by atoms with Crippen LogP contribution >= 0.6 is 34.8 Å². The smallest absolute Gasteiger partial charge is 0.220 e.